The van der Waals surface area contributed by atoms with Crippen molar-refractivity contribution >= 4 is 35.0 Å². The Morgan fingerprint density at radius 1 is 1.12 bits per heavy atom. The van der Waals surface area contributed by atoms with Gasteiger partial charge in [0, 0.05) is 35.8 Å². The van der Waals surface area contributed by atoms with E-state index in [0.29, 0.717) is 5.56 Å². The molecule has 0 bridgehead atoms. The van der Waals surface area contributed by atoms with Crippen molar-refractivity contribution < 1.29 is 14.0 Å². The molecule has 0 atom stereocenters. The molecular weight excluding hydrogens is 333 g/mol. The van der Waals surface area contributed by atoms with E-state index < -0.39 is 11.7 Å². The van der Waals surface area contributed by atoms with E-state index in [9.17, 15) is 14.0 Å². The number of hydrazone groups is 1. The number of halogens is 1. The summed E-state index contributed by atoms with van der Waals surface area (Å²) >= 11 is 0. The molecule has 0 unspecified atom stereocenters. The second kappa shape index (κ2) is 7.57. The molecule has 0 saturated heterocycles. The van der Waals surface area contributed by atoms with Crippen LogP contribution in [-0.2, 0) is 0 Å². The molecule has 0 saturated carbocycles. The smallest absolute Gasteiger partial charge is 0.271 e. The van der Waals surface area contributed by atoms with Gasteiger partial charge in [-0.15, -0.1) is 0 Å². The van der Waals surface area contributed by atoms with Gasteiger partial charge in [-0.3, -0.25) is 14.2 Å². The van der Waals surface area contributed by atoms with Crippen molar-refractivity contribution in [3.05, 3.63) is 77.7 Å². The highest BCUT2D eigenvalue weighted by Gasteiger charge is 2.08. The van der Waals surface area contributed by atoms with Gasteiger partial charge in [-0.25, -0.2) is 9.82 Å². The number of rotatable bonds is 4. The maximum absolute atomic E-state index is 12.8. The van der Waals surface area contributed by atoms with Crippen LogP contribution in [0, 0.1) is 5.82 Å². The van der Waals surface area contributed by atoms with E-state index in [2.05, 4.69) is 10.5 Å². The molecule has 1 heterocycles. The maximum atomic E-state index is 12.8. The van der Waals surface area contributed by atoms with Crippen LogP contribution in [0.3, 0.4) is 0 Å². The summed E-state index contributed by atoms with van der Waals surface area (Å²) in [4.78, 5) is 23.6. The molecule has 26 heavy (non-hydrogen) atoms. The first-order valence-electron chi connectivity index (χ1n) is 7.93. The number of aromatic nitrogens is 1. The Hall–Kier alpha value is -3.54. The molecular formula is C20H16FN3O2. The van der Waals surface area contributed by atoms with Crippen LogP contribution in [0.2, 0.25) is 0 Å². The molecule has 0 aliphatic carbocycles. The third-order valence-corrected chi connectivity index (χ3v) is 3.79. The van der Waals surface area contributed by atoms with Gasteiger partial charge >= 0.3 is 0 Å². The highest BCUT2D eigenvalue weighted by atomic mass is 19.1. The Morgan fingerprint density at radius 3 is 2.58 bits per heavy atom. The number of fused-ring (bicyclic) bond motifs is 1. The molecule has 3 rings (SSSR count). The lowest BCUT2D eigenvalue weighted by Crippen LogP contribution is -2.17. The highest BCUT2D eigenvalue weighted by molar-refractivity contribution is 5.98. The number of nitrogens with one attached hydrogen (secondary N) is 1. The molecule has 0 radical (unpaired) electrons. The van der Waals surface area contributed by atoms with Crippen molar-refractivity contribution in [1.82, 2.24) is 9.99 Å². The topological polar surface area (TPSA) is 63.5 Å². The largest absolute Gasteiger partial charge is 0.287 e. The molecule has 1 aromatic heterocycles. The van der Waals surface area contributed by atoms with Gasteiger partial charge in [0.15, 0.2) is 0 Å². The highest BCUT2D eigenvalue weighted by Crippen LogP contribution is 2.22. The van der Waals surface area contributed by atoms with Crippen LogP contribution in [-0.4, -0.2) is 22.6 Å². The number of allylic oxidation sites excluding steroid dienone is 1. The van der Waals surface area contributed by atoms with Crippen LogP contribution in [0.1, 0.15) is 27.6 Å². The average molecular weight is 349 g/mol. The standard InChI is InChI=1S/C20H16FN3O2/c1-14(25)24-13-16(18-6-2-3-7-19(18)24)5-4-12-22-23-20(26)15-8-10-17(21)11-9-15/h2-13H,1H3,(H,23,26)/b5-4+,22-12-. The quantitative estimate of drug-likeness (QED) is 0.574. The lowest BCUT2D eigenvalue weighted by Gasteiger charge is -1.98. The molecule has 0 spiro atoms. The van der Waals surface area contributed by atoms with E-state index in [1.54, 1.807) is 22.9 Å². The van der Waals surface area contributed by atoms with E-state index in [4.69, 9.17) is 0 Å². The minimum atomic E-state index is -0.428. The Balaban J connectivity index is 1.70. The zero-order valence-corrected chi connectivity index (χ0v) is 14.0. The van der Waals surface area contributed by atoms with Gasteiger partial charge in [0.05, 0.1) is 5.52 Å². The Labute approximate surface area is 149 Å². The van der Waals surface area contributed by atoms with E-state index in [1.165, 1.54) is 37.4 Å². The summed E-state index contributed by atoms with van der Waals surface area (Å²) in [7, 11) is 0. The predicted molar refractivity (Wildman–Crippen MR) is 99.6 cm³/mol. The van der Waals surface area contributed by atoms with E-state index in [-0.39, 0.29) is 5.91 Å². The summed E-state index contributed by atoms with van der Waals surface area (Å²) < 4.78 is 14.4. The minimum Gasteiger partial charge on any atom is -0.287 e. The lowest BCUT2D eigenvalue weighted by atomic mass is 10.1. The second-order valence-electron chi connectivity index (χ2n) is 5.58. The Kier molecular flexibility index (Phi) is 5.03. The van der Waals surface area contributed by atoms with Crippen LogP contribution >= 0.6 is 0 Å². The number of benzene rings is 2. The number of carbonyl (C=O) groups excluding carboxylic acids is 2. The van der Waals surface area contributed by atoms with Crippen LogP contribution < -0.4 is 5.43 Å². The van der Waals surface area contributed by atoms with E-state index in [1.807, 2.05) is 24.3 Å². The SMILES string of the molecule is CC(=O)n1cc(/C=C/C=N\NC(=O)c2ccc(F)cc2)c2ccccc21. The fourth-order valence-corrected chi connectivity index (χ4v) is 2.55. The van der Waals surface area contributed by atoms with Crippen LogP contribution in [0.5, 0.6) is 0 Å². The molecule has 0 aliphatic heterocycles. The summed E-state index contributed by atoms with van der Waals surface area (Å²) in [6.07, 6.45) is 6.66. The number of hydrogen-bond donors (Lipinski definition) is 1. The normalized spacial score (nSPS) is 11.5. The molecule has 1 amide bonds. The maximum Gasteiger partial charge on any atom is 0.271 e. The number of hydrogen-bond acceptors (Lipinski definition) is 3. The molecule has 6 heteroatoms. The van der Waals surface area contributed by atoms with Crippen molar-refractivity contribution in [3.8, 4) is 0 Å². The molecule has 1 N–H and O–H groups in total. The summed E-state index contributed by atoms with van der Waals surface area (Å²) in [6, 6.07) is 12.8. The number of amides is 1. The van der Waals surface area contributed by atoms with Gasteiger partial charge in [-0.05, 0) is 36.4 Å². The molecule has 5 nitrogen and oxygen atoms in total. The first-order chi connectivity index (χ1) is 12.6. The van der Waals surface area contributed by atoms with Crippen LogP contribution in [0.15, 0.2) is 65.9 Å². The molecule has 0 aliphatic rings. The van der Waals surface area contributed by atoms with Crippen molar-refractivity contribution in [2.45, 2.75) is 6.92 Å². The summed E-state index contributed by atoms with van der Waals surface area (Å²) in [5.41, 5.74) is 4.38. The monoisotopic (exact) mass is 349 g/mol. The number of nitrogens with zero attached hydrogens (tertiary/aromatic N) is 2. The fourth-order valence-electron chi connectivity index (χ4n) is 2.55. The van der Waals surface area contributed by atoms with Crippen molar-refractivity contribution in [2.75, 3.05) is 0 Å². The van der Waals surface area contributed by atoms with Gasteiger partial charge < -0.3 is 0 Å². The zero-order chi connectivity index (χ0) is 18.5. The molecule has 130 valence electrons. The first-order valence-corrected chi connectivity index (χ1v) is 7.93. The van der Waals surface area contributed by atoms with Gasteiger partial charge in [-0.2, -0.15) is 5.10 Å². The minimum absolute atomic E-state index is 0.0684. The van der Waals surface area contributed by atoms with Gasteiger partial charge in [0.1, 0.15) is 5.82 Å². The molecule has 3 aromatic rings. The second-order valence-corrected chi connectivity index (χ2v) is 5.58. The number of carbonyl (C=O) groups is 2. The van der Waals surface area contributed by atoms with Crippen LogP contribution in [0.25, 0.3) is 17.0 Å². The van der Waals surface area contributed by atoms with Crippen molar-refractivity contribution in [1.29, 1.82) is 0 Å². The first kappa shape index (κ1) is 17.3. The summed E-state index contributed by atoms with van der Waals surface area (Å²) in [5.74, 6) is -0.901. The van der Waals surface area contributed by atoms with Gasteiger partial charge in [-0.1, -0.05) is 24.3 Å². The van der Waals surface area contributed by atoms with Gasteiger partial charge in [0.25, 0.3) is 5.91 Å². The van der Waals surface area contributed by atoms with E-state index >= 15 is 0 Å². The Morgan fingerprint density at radius 2 is 1.85 bits per heavy atom. The summed E-state index contributed by atoms with van der Waals surface area (Å²) in [5, 5.41) is 4.78. The Bertz CT molecular complexity index is 1020. The van der Waals surface area contributed by atoms with Crippen LogP contribution in [0.4, 0.5) is 4.39 Å². The molecule has 2 aromatic carbocycles. The van der Waals surface area contributed by atoms with Crippen molar-refractivity contribution in [2.24, 2.45) is 5.10 Å². The van der Waals surface area contributed by atoms with Gasteiger partial charge in [0.2, 0.25) is 5.91 Å². The zero-order valence-electron chi connectivity index (χ0n) is 14.0. The third kappa shape index (κ3) is 3.75. The number of para-hydroxylation sites is 1. The predicted octanol–water partition coefficient (Wildman–Crippen LogP) is 3.87. The van der Waals surface area contributed by atoms with E-state index in [0.717, 1.165) is 16.5 Å². The third-order valence-electron chi connectivity index (χ3n) is 3.79. The van der Waals surface area contributed by atoms with Crippen molar-refractivity contribution in [3.63, 3.8) is 0 Å². The lowest BCUT2D eigenvalue weighted by molar-refractivity contribution is 0.0937. The average Bonchev–Trinajstić information content (AvgIpc) is 3.01. The fraction of sp³-hybridized carbons (Fsp3) is 0.0500. The summed E-state index contributed by atoms with van der Waals surface area (Å²) in [6.45, 7) is 1.51. The molecule has 0 fully saturated rings.